The average molecular weight is 330 g/mol. The van der Waals surface area contributed by atoms with Gasteiger partial charge in [-0.25, -0.2) is 4.98 Å². The van der Waals surface area contributed by atoms with Crippen molar-refractivity contribution in [1.82, 2.24) is 10.3 Å². The lowest BCUT2D eigenvalue weighted by Gasteiger charge is -2.02. The van der Waals surface area contributed by atoms with Crippen molar-refractivity contribution in [2.45, 2.75) is 19.8 Å². The van der Waals surface area contributed by atoms with E-state index in [2.05, 4.69) is 41.5 Å². The summed E-state index contributed by atoms with van der Waals surface area (Å²) < 4.78 is 0. The topological polar surface area (TPSA) is 79.3 Å². The number of hydrogen-bond acceptors (Lipinski definition) is 4. The number of carbonyl (C=O) groups is 2. The third kappa shape index (κ3) is 3.76. The van der Waals surface area contributed by atoms with E-state index < -0.39 is 11.9 Å². The number of carboxylic acids is 1. The van der Waals surface area contributed by atoms with Gasteiger partial charge in [0.05, 0.1) is 17.5 Å². The van der Waals surface area contributed by atoms with Gasteiger partial charge in [-0.2, -0.15) is 0 Å². The first-order chi connectivity index (χ1) is 11.0. The van der Waals surface area contributed by atoms with Gasteiger partial charge in [0.1, 0.15) is 5.01 Å². The molecular weight excluding hydrogens is 312 g/mol. The molecule has 1 aliphatic carbocycles. The molecule has 0 unspecified atom stereocenters. The van der Waals surface area contributed by atoms with Crippen LogP contribution in [-0.2, 0) is 16.0 Å². The molecule has 1 saturated carbocycles. The van der Waals surface area contributed by atoms with Crippen molar-refractivity contribution in [2.75, 3.05) is 6.54 Å². The molecule has 2 N–H and O–H groups in total. The Morgan fingerprint density at radius 2 is 2.04 bits per heavy atom. The van der Waals surface area contributed by atoms with Crippen LogP contribution in [0, 0.1) is 18.8 Å². The second kappa shape index (κ2) is 6.50. The maximum absolute atomic E-state index is 11.8. The third-order valence-electron chi connectivity index (χ3n) is 3.98. The van der Waals surface area contributed by atoms with Gasteiger partial charge in [-0.05, 0) is 13.3 Å². The summed E-state index contributed by atoms with van der Waals surface area (Å²) in [6.45, 7) is 2.53. The number of benzene rings is 1. The van der Waals surface area contributed by atoms with E-state index in [1.54, 1.807) is 11.3 Å². The van der Waals surface area contributed by atoms with E-state index in [-0.39, 0.29) is 11.8 Å². The number of rotatable bonds is 6. The van der Waals surface area contributed by atoms with Gasteiger partial charge in [0.2, 0.25) is 5.91 Å². The molecule has 1 heterocycles. The largest absolute Gasteiger partial charge is 0.481 e. The predicted molar refractivity (Wildman–Crippen MR) is 88.2 cm³/mol. The highest BCUT2D eigenvalue weighted by Gasteiger charge is 2.48. The van der Waals surface area contributed by atoms with Crippen LogP contribution >= 0.6 is 11.3 Å². The van der Waals surface area contributed by atoms with E-state index in [0.717, 1.165) is 16.3 Å². The lowest BCUT2D eigenvalue weighted by molar-refractivity contribution is -0.140. The van der Waals surface area contributed by atoms with Gasteiger partial charge in [0.25, 0.3) is 0 Å². The minimum absolute atomic E-state index is 0.161. The van der Waals surface area contributed by atoms with Crippen molar-refractivity contribution < 1.29 is 14.7 Å². The van der Waals surface area contributed by atoms with E-state index in [4.69, 9.17) is 5.11 Å². The fourth-order valence-corrected chi connectivity index (χ4v) is 3.31. The molecule has 0 spiro atoms. The third-order valence-corrected chi connectivity index (χ3v) is 4.92. The molecule has 1 aromatic heterocycles. The number of carbonyl (C=O) groups excluding carboxylic acids is 1. The molecule has 6 heteroatoms. The van der Waals surface area contributed by atoms with Gasteiger partial charge >= 0.3 is 5.97 Å². The molecule has 3 rings (SSSR count). The smallest absolute Gasteiger partial charge is 0.307 e. The highest BCUT2D eigenvalue weighted by molar-refractivity contribution is 7.13. The van der Waals surface area contributed by atoms with Crippen LogP contribution in [0.3, 0.4) is 0 Å². The molecule has 23 heavy (non-hydrogen) atoms. The maximum atomic E-state index is 11.8. The van der Waals surface area contributed by atoms with Crippen LogP contribution in [0.25, 0.3) is 10.6 Å². The van der Waals surface area contributed by atoms with Crippen LogP contribution in [0.1, 0.15) is 17.7 Å². The quantitative estimate of drug-likeness (QED) is 0.853. The highest BCUT2D eigenvalue weighted by Crippen LogP contribution is 2.38. The zero-order chi connectivity index (χ0) is 16.4. The predicted octanol–water partition coefficient (Wildman–Crippen LogP) is 2.50. The molecular formula is C17H18N2O3S. The van der Waals surface area contributed by atoms with E-state index in [9.17, 15) is 9.59 Å². The molecule has 0 bridgehead atoms. The molecule has 2 atom stereocenters. The number of hydrogen-bond donors (Lipinski definition) is 2. The molecule has 0 saturated heterocycles. The van der Waals surface area contributed by atoms with Crippen molar-refractivity contribution in [2.24, 2.45) is 11.8 Å². The van der Waals surface area contributed by atoms with Crippen molar-refractivity contribution in [1.29, 1.82) is 0 Å². The van der Waals surface area contributed by atoms with Gasteiger partial charge in [0.15, 0.2) is 0 Å². The van der Waals surface area contributed by atoms with Crippen LogP contribution in [-0.4, -0.2) is 28.5 Å². The summed E-state index contributed by atoms with van der Waals surface area (Å²) in [6.07, 6.45) is 1.11. The number of thiazole rings is 1. The van der Waals surface area contributed by atoms with E-state index in [1.165, 1.54) is 5.56 Å². The fraction of sp³-hybridized carbons (Fsp3) is 0.353. The van der Waals surface area contributed by atoms with Crippen molar-refractivity contribution in [3.63, 3.8) is 0 Å². The van der Waals surface area contributed by atoms with Crippen LogP contribution in [0.15, 0.2) is 29.6 Å². The first kappa shape index (κ1) is 15.7. The molecule has 1 amide bonds. The Bertz CT molecular complexity index is 724. The van der Waals surface area contributed by atoms with Crippen molar-refractivity contribution >= 4 is 23.2 Å². The number of nitrogens with one attached hydrogen (secondary N) is 1. The molecule has 2 aromatic rings. The lowest BCUT2D eigenvalue weighted by Crippen LogP contribution is -2.28. The average Bonchev–Trinajstić information content (AvgIpc) is 3.21. The lowest BCUT2D eigenvalue weighted by atomic mass is 10.2. The van der Waals surface area contributed by atoms with Crippen LogP contribution < -0.4 is 5.32 Å². The Morgan fingerprint density at radius 3 is 2.70 bits per heavy atom. The molecule has 5 nitrogen and oxygen atoms in total. The Hall–Kier alpha value is -2.21. The van der Waals surface area contributed by atoms with E-state index in [1.807, 2.05) is 5.38 Å². The zero-order valence-electron chi connectivity index (χ0n) is 12.8. The number of carboxylic acid groups (broad SMARTS) is 1. The van der Waals surface area contributed by atoms with Crippen LogP contribution in [0.4, 0.5) is 0 Å². The summed E-state index contributed by atoms with van der Waals surface area (Å²) in [4.78, 5) is 27.1. The Kier molecular flexibility index (Phi) is 4.43. The van der Waals surface area contributed by atoms with Gasteiger partial charge in [-0.1, -0.05) is 29.8 Å². The summed E-state index contributed by atoms with van der Waals surface area (Å²) in [5.41, 5.74) is 3.25. The first-order valence-corrected chi connectivity index (χ1v) is 8.44. The van der Waals surface area contributed by atoms with E-state index in [0.29, 0.717) is 19.4 Å². The zero-order valence-corrected chi connectivity index (χ0v) is 13.6. The standard InChI is InChI=1S/C17H18N2O3S/c1-10-2-4-11(5-3-10)16-19-12(9-23-16)6-7-18-15(20)13-8-14(13)17(21)22/h2-5,9,13-14H,6-8H2,1H3,(H,18,20)(H,21,22)/t13-,14+/m0/s1. The summed E-state index contributed by atoms with van der Waals surface area (Å²) >= 11 is 1.59. The monoisotopic (exact) mass is 330 g/mol. The molecule has 1 fully saturated rings. The van der Waals surface area contributed by atoms with E-state index >= 15 is 0 Å². The number of aryl methyl sites for hydroxylation is 1. The van der Waals surface area contributed by atoms with Gasteiger partial charge in [0, 0.05) is 23.9 Å². The van der Waals surface area contributed by atoms with Crippen LogP contribution in [0.5, 0.6) is 0 Å². The first-order valence-electron chi connectivity index (χ1n) is 7.56. The SMILES string of the molecule is Cc1ccc(-c2nc(CCNC(=O)[C@H]3C[C@H]3C(=O)O)cs2)cc1. The second-order valence-corrected chi connectivity index (χ2v) is 6.70. The van der Waals surface area contributed by atoms with Crippen molar-refractivity contribution in [3.05, 3.63) is 40.9 Å². The number of aliphatic carboxylic acids is 1. The molecule has 0 aliphatic heterocycles. The summed E-state index contributed by atoms with van der Waals surface area (Å²) in [5.74, 6) is -1.90. The Morgan fingerprint density at radius 1 is 1.30 bits per heavy atom. The van der Waals surface area contributed by atoms with Gasteiger partial charge in [-0.15, -0.1) is 11.3 Å². The maximum Gasteiger partial charge on any atom is 0.307 e. The molecule has 1 aliphatic rings. The van der Waals surface area contributed by atoms with Gasteiger partial charge < -0.3 is 10.4 Å². The normalized spacial score (nSPS) is 19.3. The van der Waals surface area contributed by atoms with Gasteiger partial charge in [-0.3, -0.25) is 9.59 Å². The Labute approximate surface area is 138 Å². The number of nitrogens with zero attached hydrogens (tertiary/aromatic N) is 1. The minimum atomic E-state index is -0.882. The summed E-state index contributed by atoms with van der Waals surface area (Å²) in [7, 11) is 0. The number of amides is 1. The second-order valence-electron chi connectivity index (χ2n) is 5.84. The number of aromatic nitrogens is 1. The Balaban J connectivity index is 1.49. The summed E-state index contributed by atoms with van der Waals surface area (Å²) in [5, 5.41) is 14.6. The fourth-order valence-electron chi connectivity index (χ4n) is 2.45. The highest BCUT2D eigenvalue weighted by atomic mass is 32.1. The molecule has 0 radical (unpaired) electrons. The summed E-state index contributed by atoms with van der Waals surface area (Å²) in [6, 6.07) is 8.23. The molecule has 120 valence electrons. The molecule has 1 aromatic carbocycles. The van der Waals surface area contributed by atoms with Crippen LogP contribution in [0.2, 0.25) is 0 Å². The van der Waals surface area contributed by atoms with Crippen molar-refractivity contribution in [3.8, 4) is 10.6 Å². The minimum Gasteiger partial charge on any atom is -0.481 e.